The van der Waals surface area contributed by atoms with E-state index in [1.54, 1.807) is 0 Å². The average molecular weight is 344 g/mol. The van der Waals surface area contributed by atoms with Gasteiger partial charge in [-0.05, 0) is 37.7 Å². The normalized spacial score (nSPS) is 19.7. The van der Waals surface area contributed by atoms with E-state index in [2.05, 4.69) is 41.2 Å². The maximum atomic E-state index is 12.6. The molecule has 136 valence electrons. The number of benzene rings is 1. The second kappa shape index (κ2) is 7.06. The maximum absolute atomic E-state index is 12.6. The van der Waals surface area contributed by atoms with Crippen molar-refractivity contribution in [2.75, 3.05) is 26.7 Å². The van der Waals surface area contributed by atoms with Crippen LogP contribution in [0.2, 0.25) is 0 Å². The average Bonchev–Trinajstić information content (AvgIpc) is 2.52. The molecule has 0 radical (unpaired) electrons. The lowest BCUT2D eigenvalue weighted by molar-refractivity contribution is -0.155. The largest absolute Gasteiger partial charge is 0.453 e. The van der Waals surface area contributed by atoms with Crippen LogP contribution < -0.4 is 5.32 Å². The van der Waals surface area contributed by atoms with Crippen LogP contribution in [0.25, 0.3) is 0 Å². The number of carbonyl (C=O) groups excluding carboxylic acids is 2. The Morgan fingerprint density at radius 1 is 1.36 bits per heavy atom. The van der Waals surface area contributed by atoms with Crippen molar-refractivity contribution in [3.63, 3.8) is 0 Å². The van der Waals surface area contributed by atoms with Crippen LogP contribution in [0.5, 0.6) is 0 Å². The molecule has 1 atom stereocenters. The SMILES string of the molecule is CCC(CNC(=O)OC)C(=O)N1CC2(CC(c3cccc(C)c3)C2)C1. The molecule has 1 aliphatic heterocycles. The van der Waals surface area contributed by atoms with Crippen molar-refractivity contribution in [2.24, 2.45) is 11.3 Å². The number of amides is 2. The molecule has 1 aliphatic carbocycles. The summed E-state index contributed by atoms with van der Waals surface area (Å²) in [5.74, 6) is 0.632. The number of likely N-dealkylation sites (tertiary alicyclic amines) is 1. The Bertz CT molecular complexity index is 644. The van der Waals surface area contributed by atoms with Crippen LogP contribution >= 0.6 is 0 Å². The van der Waals surface area contributed by atoms with Crippen LogP contribution in [-0.4, -0.2) is 43.6 Å². The number of nitrogens with one attached hydrogen (secondary N) is 1. The molecule has 0 aromatic heterocycles. The van der Waals surface area contributed by atoms with Gasteiger partial charge in [-0.15, -0.1) is 0 Å². The Kier molecular flexibility index (Phi) is 5.02. The monoisotopic (exact) mass is 344 g/mol. The van der Waals surface area contributed by atoms with Crippen molar-refractivity contribution in [2.45, 2.75) is 39.0 Å². The number of hydrogen-bond donors (Lipinski definition) is 1. The highest BCUT2D eigenvalue weighted by Gasteiger charge is 2.54. The number of rotatable bonds is 5. The van der Waals surface area contributed by atoms with Gasteiger partial charge in [0.1, 0.15) is 0 Å². The molecule has 2 amide bonds. The van der Waals surface area contributed by atoms with Gasteiger partial charge in [0.25, 0.3) is 0 Å². The van der Waals surface area contributed by atoms with E-state index in [0.29, 0.717) is 17.9 Å². The quantitative estimate of drug-likeness (QED) is 0.893. The van der Waals surface area contributed by atoms with Crippen molar-refractivity contribution >= 4 is 12.0 Å². The van der Waals surface area contributed by atoms with Crippen LogP contribution in [-0.2, 0) is 9.53 Å². The summed E-state index contributed by atoms with van der Waals surface area (Å²) in [6.07, 6.45) is 2.60. The molecule has 1 unspecified atom stereocenters. The van der Waals surface area contributed by atoms with Crippen LogP contribution in [0.15, 0.2) is 24.3 Å². The van der Waals surface area contributed by atoms with Gasteiger partial charge in [-0.1, -0.05) is 36.8 Å². The molecule has 1 N–H and O–H groups in total. The zero-order chi connectivity index (χ0) is 18.0. The third kappa shape index (κ3) is 3.65. The summed E-state index contributed by atoms with van der Waals surface area (Å²) in [4.78, 5) is 25.8. The van der Waals surface area contributed by atoms with Crippen molar-refractivity contribution < 1.29 is 14.3 Å². The van der Waals surface area contributed by atoms with Crippen LogP contribution in [0.3, 0.4) is 0 Å². The molecule has 0 bridgehead atoms. The van der Waals surface area contributed by atoms with Crippen molar-refractivity contribution in [1.29, 1.82) is 0 Å². The minimum absolute atomic E-state index is 0.156. The van der Waals surface area contributed by atoms with E-state index in [9.17, 15) is 9.59 Å². The summed E-state index contributed by atoms with van der Waals surface area (Å²) in [6.45, 7) is 6.19. The molecule has 1 spiro atoms. The summed E-state index contributed by atoms with van der Waals surface area (Å²) >= 11 is 0. The molecule has 25 heavy (non-hydrogen) atoms. The zero-order valence-corrected chi connectivity index (χ0v) is 15.4. The van der Waals surface area contributed by atoms with Gasteiger partial charge in [0.2, 0.25) is 5.91 Å². The Morgan fingerprint density at radius 2 is 2.08 bits per heavy atom. The lowest BCUT2D eigenvalue weighted by Crippen LogP contribution is -2.64. The number of aryl methyl sites for hydroxylation is 1. The lowest BCUT2D eigenvalue weighted by Gasteiger charge is -2.59. The molecule has 5 nitrogen and oxygen atoms in total. The Morgan fingerprint density at radius 3 is 2.68 bits per heavy atom. The number of carbonyl (C=O) groups is 2. The van der Waals surface area contributed by atoms with E-state index < -0.39 is 6.09 Å². The van der Waals surface area contributed by atoms with E-state index >= 15 is 0 Å². The molecule has 2 fully saturated rings. The number of hydrogen-bond acceptors (Lipinski definition) is 3. The number of methoxy groups -OCH3 is 1. The van der Waals surface area contributed by atoms with E-state index in [1.165, 1.54) is 31.1 Å². The summed E-state index contributed by atoms with van der Waals surface area (Å²) in [5.41, 5.74) is 3.08. The first-order valence-corrected chi connectivity index (χ1v) is 9.13. The molecule has 1 aromatic rings. The molecular formula is C20H28N2O3. The van der Waals surface area contributed by atoms with Crippen LogP contribution in [0, 0.1) is 18.3 Å². The second-order valence-corrected chi connectivity index (χ2v) is 7.69. The van der Waals surface area contributed by atoms with Gasteiger partial charge in [-0.2, -0.15) is 0 Å². The minimum atomic E-state index is -0.480. The molecule has 1 heterocycles. The van der Waals surface area contributed by atoms with Crippen LogP contribution in [0.1, 0.15) is 43.2 Å². The lowest BCUT2D eigenvalue weighted by atomic mass is 9.56. The van der Waals surface area contributed by atoms with Gasteiger partial charge in [0.05, 0.1) is 13.0 Å². The number of nitrogens with zero attached hydrogens (tertiary/aromatic N) is 1. The topological polar surface area (TPSA) is 58.6 Å². The Balaban J connectivity index is 1.47. The highest BCUT2D eigenvalue weighted by atomic mass is 16.5. The molecule has 2 aliphatic rings. The molecule has 1 saturated heterocycles. The third-order valence-electron chi connectivity index (χ3n) is 5.76. The van der Waals surface area contributed by atoms with Crippen molar-refractivity contribution in [3.05, 3.63) is 35.4 Å². The summed E-state index contributed by atoms with van der Waals surface area (Å²) < 4.78 is 4.57. The standard InChI is InChI=1S/C20H28N2O3/c1-4-15(11-21-19(24)25-3)18(23)22-12-20(13-22)9-17(10-20)16-7-5-6-14(2)8-16/h5-8,15,17H,4,9-13H2,1-3H3,(H,21,24). The highest BCUT2D eigenvalue weighted by Crippen LogP contribution is 2.56. The van der Waals surface area contributed by atoms with Gasteiger partial charge in [-0.25, -0.2) is 4.79 Å². The molecule has 5 heteroatoms. The summed E-state index contributed by atoms with van der Waals surface area (Å²) in [7, 11) is 1.33. The molecule has 3 rings (SSSR count). The number of ether oxygens (including phenoxy) is 1. The van der Waals surface area contributed by atoms with E-state index in [0.717, 1.165) is 19.5 Å². The van der Waals surface area contributed by atoms with Gasteiger partial charge in [-0.3, -0.25) is 4.79 Å². The fourth-order valence-electron chi connectivity index (χ4n) is 4.27. The summed E-state index contributed by atoms with van der Waals surface area (Å²) in [5, 5.41) is 2.64. The van der Waals surface area contributed by atoms with E-state index in [-0.39, 0.29) is 11.8 Å². The van der Waals surface area contributed by atoms with Gasteiger partial charge in [0.15, 0.2) is 0 Å². The molecule has 1 aromatic carbocycles. The van der Waals surface area contributed by atoms with Gasteiger partial charge >= 0.3 is 6.09 Å². The molecule has 1 saturated carbocycles. The van der Waals surface area contributed by atoms with Crippen molar-refractivity contribution in [1.82, 2.24) is 10.2 Å². The van der Waals surface area contributed by atoms with E-state index in [1.807, 2.05) is 11.8 Å². The Labute approximate surface area is 149 Å². The minimum Gasteiger partial charge on any atom is -0.453 e. The first-order chi connectivity index (χ1) is 12.0. The molecular weight excluding hydrogens is 316 g/mol. The van der Waals surface area contributed by atoms with Gasteiger partial charge < -0.3 is 15.0 Å². The Hall–Kier alpha value is -2.04. The van der Waals surface area contributed by atoms with Crippen molar-refractivity contribution in [3.8, 4) is 0 Å². The highest BCUT2D eigenvalue weighted by molar-refractivity contribution is 5.80. The smallest absolute Gasteiger partial charge is 0.406 e. The fourth-order valence-corrected chi connectivity index (χ4v) is 4.27. The zero-order valence-electron chi connectivity index (χ0n) is 15.4. The third-order valence-corrected chi connectivity index (χ3v) is 5.76. The predicted octanol–water partition coefficient (Wildman–Crippen LogP) is 3.08. The first-order valence-electron chi connectivity index (χ1n) is 9.13. The number of alkyl carbamates (subject to hydrolysis) is 1. The maximum Gasteiger partial charge on any atom is 0.406 e. The summed E-state index contributed by atoms with van der Waals surface area (Å²) in [6, 6.07) is 8.77. The first kappa shape index (κ1) is 17.8. The predicted molar refractivity (Wildman–Crippen MR) is 96.4 cm³/mol. The second-order valence-electron chi connectivity index (χ2n) is 7.69. The van der Waals surface area contributed by atoms with Crippen LogP contribution in [0.4, 0.5) is 4.79 Å². The fraction of sp³-hybridized carbons (Fsp3) is 0.600. The van der Waals surface area contributed by atoms with Gasteiger partial charge in [0, 0.05) is 25.0 Å². The van der Waals surface area contributed by atoms with E-state index in [4.69, 9.17) is 0 Å².